The van der Waals surface area contributed by atoms with Crippen LogP contribution in [0.1, 0.15) is 11.3 Å². The number of rotatable bonds is 4. The molecule has 0 saturated carbocycles. The van der Waals surface area contributed by atoms with Crippen molar-refractivity contribution in [3.05, 3.63) is 60.1 Å². The molecule has 1 aromatic heterocycles. The minimum Gasteiger partial charge on any atom is -0.354 e. The summed E-state index contributed by atoms with van der Waals surface area (Å²) in [7, 11) is 0. The van der Waals surface area contributed by atoms with Crippen molar-refractivity contribution in [1.82, 2.24) is 14.9 Å². The third kappa shape index (κ3) is 4.79. The van der Waals surface area contributed by atoms with Crippen molar-refractivity contribution in [1.29, 1.82) is 0 Å². The lowest BCUT2D eigenvalue weighted by atomic mass is 10.2. The molecule has 0 unspecified atom stereocenters. The molecule has 2 aromatic rings. The molecule has 0 radical (unpaired) electrons. The van der Waals surface area contributed by atoms with Gasteiger partial charge in [-0.15, -0.1) is 0 Å². The maximum atomic E-state index is 12.8. The Balaban J connectivity index is 1.53. The topological polar surface area (TPSA) is 32.3 Å². The molecule has 0 aliphatic carbocycles. The van der Waals surface area contributed by atoms with Gasteiger partial charge in [0.2, 0.25) is 0 Å². The zero-order valence-electron chi connectivity index (χ0n) is 13.7. The Morgan fingerprint density at radius 2 is 1.72 bits per heavy atom. The van der Waals surface area contributed by atoms with E-state index in [1.54, 1.807) is 0 Å². The number of hydrogen-bond acceptors (Lipinski definition) is 4. The first kappa shape index (κ1) is 17.4. The Morgan fingerprint density at radius 3 is 2.40 bits per heavy atom. The molecule has 1 saturated heterocycles. The fourth-order valence-electron chi connectivity index (χ4n) is 2.74. The Labute approximate surface area is 144 Å². The summed E-state index contributed by atoms with van der Waals surface area (Å²) in [5, 5.41) is 0. The number of nitrogens with zero attached hydrogens (tertiary/aromatic N) is 4. The van der Waals surface area contributed by atoms with E-state index in [2.05, 4.69) is 27.0 Å². The van der Waals surface area contributed by atoms with E-state index in [0.717, 1.165) is 37.6 Å². The average Bonchev–Trinajstić information content (AvgIpc) is 2.63. The highest BCUT2D eigenvalue weighted by atomic mass is 19.4. The number of anilines is 1. The smallest absolute Gasteiger partial charge is 0.354 e. The van der Waals surface area contributed by atoms with Gasteiger partial charge in [-0.1, -0.05) is 42.5 Å². The van der Waals surface area contributed by atoms with Crippen molar-refractivity contribution in [2.75, 3.05) is 37.6 Å². The van der Waals surface area contributed by atoms with Crippen LogP contribution in [0.15, 0.2) is 48.8 Å². The second kappa shape index (κ2) is 7.65. The summed E-state index contributed by atoms with van der Waals surface area (Å²) in [5.41, 5.74) is 0.257. The van der Waals surface area contributed by atoms with E-state index in [1.165, 1.54) is 0 Å². The van der Waals surface area contributed by atoms with Crippen LogP contribution in [0.5, 0.6) is 0 Å². The molecular weight excluding hydrogens is 329 g/mol. The van der Waals surface area contributed by atoms with Gasteiger partial charge >= 0.3 is 6.18 Å². The number of aromatic nitrogens is 2. The molecule has 0 amide bonds. The monoisotopic (exact) mass is 348 g/mol. The Morgan fingerprint density at radius 1 is 1.00 bits per heavy atom. The number of halogens is 3. The SMILES string of the molecule is FC(F)(F)c1cc(N2CCN(C/C=C/c3ccccc3)CC2)ncn1. The van der Waals surface area contributed by atoms with Crippen LogP contribution >= 0.6 is 0 Å². The van der Waals surface area contributed by atoms with E-state index in [0.29, 0.717) is 18.9 Å². The average molecular weight is 348 g/mol. The lowest BCUT2D eigenvalue weighted by molar-refractivity contribution is -0.141. The van der Waals surface area contributed by atoms with E-state index < -0.39 is 11.9 Å². The first-order valence-electron chi connectivity index (χ1n) is 8.10. The van der Waals surface area contributed by atoms with Gasteiger partial charge in [0, 0.05) is 38.8 Å². The Kier molecular flexibility index (Phi) is 5.33. The second-order valence-electron chi connectivity index (χ2n) is 5.86. The highest BCUT2D eigenvalue weighted by Gasteiger charge is 2.33. The van der Waals surface area contributed by atoms with E-state index in [-0.39, 0.29) is 0 Å². The summed E-state index contributed by atoms with van der Waals surface area (Å²) in [6, 6.07) is 11.1. The predicted octanol–water partition coefficient (Wildman–Crippen LogP) is 3.33. The van der Waals surface area contributed by atoms with Gasteiger partial charge < -0.3 is 4.90 Å². The van der Waals surface area contributed by atoms with Crippen LogP contribution in [-0.2, 0) is 6.18 Å². The molecule has 1 fully saturated rings. The second-order valence-corrected chi connectivity index (χ2v) is 5.86. The third-order valence-corrected chi connectivity index (χ3v) is 4.11. The molecule has 2 heterocycles. The van der Waals surface area contributed by atoms with Crippen molar-refractivity contribution in [2.24, 2.45) is 0 Å². The molecule has 0 N–H and O–H groups in total. The summed E-state index contributed by atoms with van der Waals surface area (Å²) in [6.45, 7) is 3.68. The lowest BCUT2D eigenvalue weighted by Crippen LogP contribution is -2.46. The molecule has 1 aromatic carbocycles. The van der Waals surface area contributed by atoms with Crippen molar-refractivity contribution in [3.8, 4) is 0 Å². The number of alkyl halides is 3. The van der Waals surface area contributed by atoms with Gasteiger partial charge in [0.15, 0.2) is 0 Å². The van der Waals surface area contributed by atoms with Gasteiger partial charge in [-0.05, 0) is 5.56 Å². The minimum absolute atomic E-state index is 0.335. The molecule has 25 heavy (non-hydrogen) atoms. The largest absolute Gasteiger partial charge is 0.433 e. The molecule has 3 rings (SSSR count). The van der Waals surface area contributed by atoms with Gasteiger partial charge in [-0.25, -0.2) is 9.97 Å². The van der Waals surface area contributed by atoms with Gasteiger partial charge in [-0.3, -0.25) is 4.90 Å². The summed E-state index contributed by atoms with van der Waals surface area (Å²) in [6.07, 6.45) is 0.721. The maximum absolute atomic E-state index is 12.8. The normalized spacial score (nSPS) is 16.5. The molecule has 4 nitrogen and oxygen atoms in total. The van der Waals surface area contributed by atoms with Crippen molar-refractivity contribution < 1.29 is 13.2 Å². The first-order chi connectivity index (χ1) is 12.0. The van der Waals surface area contributed by atoms with E-state index in [1.807, 2.05) is 35.2 Å². The quantitative estimate of drug-likeness (QED) is 0.848. The molecular formula is C18H19F3N4. The van der Waals surface area contributed by atoms with Crippen LogP contribution in [0, 0.1) is 0 Å². The fraction of sp³-hybridized carbons (Fsp3) is 0.333. The minimum atomic E-state index is -4.44. The highest BCUT2D eigenvalue weighted by Crippen LogP contribution is 2.29. The van der Waals surface area contributed by atoms with Crippen molar-refractivity contribution in [3.63, 3.8) is 0 Å². The Hall–Kier alpha value is -2.41. The van der Waals surface area contributed by atoms with Gasteiger partial charge in [0.1, 0.15) is 17.8 Å². The molecule has 1 aliphatic heterocycles. The highest BCUT2D eigenvalue weighted by molar-refractivity contribution is 5.48. The molecule has 0 atom stereocenters. The van der Waals surface area contributed by atoms with Gasteiger partial charge in [0.25, 0.3) is 0 Å². The standard InChI is InChI=1S/C18H19F3N4/c19-18(20,21)16-13-17(23-14-22-16)25-11-9-24(10-12-25)8-4-7-15-5-2-1-3-6-15/h1-7,13-14H,8-12H2/b7-4+. The van der Waals surface area contributed by atoms with Crippen LogP contribution < -0.4 is 4.90 Å². The van der Waals surface area contributed by atoms with Crippen molar-refractivity contribution >= 4 is 11.9 Å². The van der Waals surface area contributed by atoms with Crippen LogP contribution in [0.25, 0.3) is 6.08 Å². The number of benzene rings is 1. The summed E-state index contributed by atoms with van der Waals surface area (Å²) in [5.74, 6) is 0.335. The molecule has 132 valence electrons. The third-order valence-electron chi connectivity index (χ3n) is 4.11. The summed E-state index contributed by atoms with van der Waals surface area (Å²) in [4.78, 5) is 11.4. The molecule has 0 spiro atoms. The molecule has 0 bridgehead atoms. The summed E-state index contributed by atoms with van der Waals surface area (Å²) >= 11 is 0. The zero-order chi connectivity index (χ0) is 17.7. The van der Waals surface area contributed by atoms with Crippen LogP contribution in [0.3, 0.4) is 0 Å². The van der Waals surface area contributed by atoms with E-state index in [9.17, 15) is 13.2 Å². The van der Waals surface area contributed by atoms with Crippen LogP contribution in [0.2, 0.25) is 0 Å². The lowest BCUT2D eigenvalue weighted by Gasteiger charge is -2.34. The molecule has 1 aliphatic rings. The summed E-state index contributed by atoms with van der Waals surface area (Å²) < 4.78 is 38.3. The maximum Gasteiger partial charge on any atom is 0.433 e. The van der Waals surface area contributed by atoms with Gasteiger partial charge in [-0.2, -0.15) is 13.2 Å². The number of hydrogen-bond donors (Lipinski definition) is 0. The predicted molar refractivity (Wildman–Crippen MR) is 91.2 cm³/mol. The van der Waals surface area contributed by atoms with Crippen LogP contribution in [-0.4, -0.2) is 47.6 Å². The van der Waals surface area contributed by atoms with Crippen LogP contribution in [0.4, 0.5) is 19.0 Å². The Bertz CT molecular complexity index is 708. The van der Waals surface area contributed by atoms with E-state index in [4.69, 9.17) is 0 Å². The van der Waals surface area contributed by atoms with Gasteiger partial charge in [0.05, 0.1) is 0 Å². The first-order valence-corrected chi connectivity index (χ1v) is 8.10. The van der Waals surface area contributed by atoms with E-state index >= 15 is 0 Å². The zero-order valence-corrected chi connectivity index (χ0v) is 13.7. The fourth-order valence-corrected chi connectivity index (χ4v) is 2.74. The number of piperazine rings is 1. The molecule has 7 heteroatoms. The van der Waals surface area contributed by atoms with Crippen molar-refractivity contribution in [2.45, 2.75) is 6.18 Å².